The summed E-state index contributed by atoms with van der Waals surface area (Å²) in [6.07, 6.45) is 4.88. The van der Waals surface area contributed by atoms with Crippen molar-refractivity contribution in [2.75, 3.05) is 26.2 Å². The Balaban J connectivity index is 1.55. The summed E-state index contributed by atoms with van der Waals surface area (Å²) in [5.74, 6) is 0.389. The lowest BCUT2D eigenvalue weighted by Gasteiger charge is -2.46. The molecule has 5 heteroatoms. The minimum Gasteiger partial charge on any atom is -0.375 e. The van der Waals surface area contributed by atoms with Crippen molar-refractivity contribution in [1.29, 1.82) is 0 Å². The first-order valence-corrected chi connectivity index (χ1v) is 9.01. The predicted octanol–water partition coefficient (Wildman–Crippen LogP) is 3.36. The van der Waals surface area contributed by atoms with Crippen molar-refractivity contribution in [3.05, 3.63) is 35.6 Å². The zero-order valence-corrected chi connectivity index (χ0v) is 14.4. The molecule has 2 amide bonds. The highest BCUT2D eigenvalue weighted by atomic mass is 19.1. The van der Waals surface area contributed by atoms with Crippen LogP contribution >= 0.6 is 0 Å². The van der Waals surface area contributed by atoms with Gasteiger partial charge in [-0.3, -0.25) is 0 Å². The van der Waals surface area contributed by atoms with Gasteiger partial charge in [-0.2, -0.15) is 0 Å². The molecule has 0 saturated carbocycles. The lowest BCUT2D eigenvalue weighted by Crippen LogP contribution is -2.53. The molecule has 0 radical (unpaired) electrons. The van der Waals surface area contributed by atoms with Crippen molar-refractivity contribution < 1.29 is 13.9 Å². The minimum atomic E-state index is -0.181. The third-order valence-electron chi connectivity index (χ3n) is 5.32. The fraction of sp³-hybridized carbons (Fsp3) is 0.632. The first kappa shape index (κ1) is 17.2. The first-order chi connectivity index (χ1) is 11.6. The molecule has 2 aliphatic heterocycles. The van der Waals surface area contributed by atoms with Gasteiger partial charge in [-0.25, -0.2) is 9.18 Å². The molecule has 132 valence electrons. The van der Waals surface area contributed by atoms with Crippen LogP contribution in [0.1, 0.15) is 38.2 Å². The van der Waals surface area contributed by atoms with E-state index >= 15 is 0 Å². The summed E-state index contributed by atoms with van der Waals surface area (Å²) in [6, 6.07) is 6.88. The van der Waals surface area contributed by atoms with Gasteiger partial charge in [0.15, 0.2) is 0 Å². The molecule has 1 unspecified atom stereocenters. The van der Waals surface area contributed by atoms with Gasteiger partial charge in [-0.05, 0) is 62.6 Å². The summed E-state index contributed by atoms with van der Waals surface area (Å²) in [4.78, 5) is 13.8. The molecule has 1 spiro atoms. The number of likely N-dealkylation sites (tertiary alicyclic amines) is 1. The average Bonchev–Trinajstić information content (AvgIpc) is 2.58. The molecule has 2 saturated heterocycles. The SMILES string of the molecule is CCNC(=O)N1CCC2(CC1)CC(Cc1ccc(F)cc1)CCO2. The maximum Gasteiger partial charge on any atom is 0.317 e. The Morgan fingerprint density at radius 2 is 2.04 bits per heavy atom. The number of halogens is 1. The number of ether oxygens (including phenoxy) is 1. The van der Waals surface area contributed by atoms with Crippen molar-refractivity contribution in [2.45, 2.75) is 44.6 Å². The second-order valence-corrected chi connectivity index (χ2v) is 7.04. The fourth-order valence-corrected chi connectivity index (χ4v) is 3.99. The number of nitrogens with one attached hydrogen (secondary N) is 1. The number of hydrogen-bond acceptors (Lipinski definition) is 2. The molecule has 3 rings (SSSR count). The van der Waals surface area contributed by atoms with Crippen molar-refractivity contribution in [3.8, 4) is 0 Å². The number of hydrogen-bond donors (Lipinski definition) is 1. The van der Waals surface area contributed by atoms with Crippen LogP contribution < -0.4 is 5.32 Å². The zero-order valence-electron chi connectivity index (χ0n) is 14.4. The second-order valence-electron chi connectivity index (χ2n) is 7.04. The predicted molar refractivity (Wildman–Crippen MR) is 91.4 cm³/mol. The van der Waals surface area contributed by atoms with Crippen molar-refractivity contribution in [1.82, 2.24) is 10.2 Å². The molecule has 2 fully saturated rings. The Bertz CT molecular complexity index is 553. The molecular weight excluding hydrogens is 307 g/mol. The van der Waals surface area contributed by atoms with Crippen LogP contribution in [0.5, 0.6) is 0 Å². The van der Waals surface area contributed by atoms with Gasteiger partial charge >= 0.3 is 6.03 Å². The summed E-state index contributed by atoms with van der Waals surface area (Å²) in [5, 5.41) is 2.87. The molecule has 0 bridgehead atoms. The van der Waals surface area contributed by atoms with E-state index in [0.29, 0.717) is 12.5 Å². The van der Waals surface area contributed by atoms with Gasteiger partial charge in [0.05, 0.1) is 5.60 Å². The van der Waals surface area contributed by atoms with E-state index in [1.165, 1.54) is 17.7 Å². The van der Waals surface area contributed by atoms with Gasteiger partial charge in [0.1, 0.15) is 5.82 Å². The third-order valence-corrected chi connectivity index (χ3v) is 5.32. The summed E-state index contributed by atoms with van der Waals surface area (Å²) in [5.41, 5.74) is 1.12. The van der Waals surface area contributed by atoms with Gasteiger partial charge in [0.25, 0.3) is 0 Å². The number of urea groups is 1. The van der Waals surface area contributed by atoms with Gasteiger partial charge < -0.3 is 15.0 Å². The largest absolute Gasteiger partial charge is 0.375 e. The number of benzene rings is 1. The number of carbonyl (C=O) groups is 1. The van der Waals surface area contributed by atoms with E-state index in [9.17, 15) is 9.18 Å². The molecule has 2 heterocycles. The highest BCUT2D eigenvalue weighted by molar-refractivity contribution is 5.74. The Hall–Kier alpha value is -1.62. The van der Waals surface area contributed by atoms with E-state index in [1.807, 2.05) is 24.0 Å². The third kappa shape index (κ3) is 4.07. The van der Waals surface area contributed by atoms with Gasteiger partial charge in [0.2, 0.25) is 0 Å². The van der Waals surface area contributed by atoms with Crippen LogP contribution in [0.2, 0.25) is 0 Å². The molecule has 0 aliphatic carbocycles. The van der Waals surface area contributed by atoms with Crippen LogP contribution in [0.3, 0.4) is 0 Å². The molecule has 1 N–H and O–H groups in total. The zero-order chi connectivity index (χ0) is 17.0. The highest BCUT2D eigenvalue weighted by Gasteiger charge is 2.41. The van der Waals surface area contributed by atoms with Crippen LogP contribution in [0, 0.1) is 11.7 Å². The normalized spacial score (nSPS) is 23.2. The number of piperidine rings is 1. The number of carbonyl (C=O) groups excluding carboxylic acids is 1. The number of nitrogens with zero attached hydrogens (tertiary/aromatic N) is 1. The molecule has 0 aromatic heterocycles. The molecule has 1 aromatic rings. The number of amides is 2. The summed E-state index contributed by atoms with van der Waals surface area (Å²) in [6.45, 7) is 4.90. The summed E-state index contributed by atoms with van der Waals surface area (Å²) < 4.78 is 19.2. The van der Waals surface area contributed by atoms with Crippen LogP contribution in [-0.2, 0) is 11.2 Å². The maximum atomic E-state index is 13.1. The van der Waals surface area contributed by atoms with Gasteiger partial charge in [-0.15, -0.1) is 0 Å². The Kier molecular flexibility index (Phi) is 5.39. The topological polar surface area (TPSA) is 41.6 Å². The molecule has 1 atom stereocenters. The Labute approximate surface area is 143 Å². The quantitative estimate of drug-likeness (QED) is 0.921. The Morgan fingerprint density at radius 1 is 1.33 bits per heavy atom. The lowest BCUT2D eigenvalue weighted by molar-refractivity contribution is -0.122. The second kappa shape index (κ2) is 7.51. The van der Waals surface area contributed by atoms with E-state index in [4.69, 9.17) is 4.74 Å². The fourth-order valence-electron chi connectivity index (χ4n) is 3.99. The average molecular weight is 334 g/mol. The van der Waals surface area contributed by atoms with Gasteiger partial charge in [-0.1, -0.05) is 12.1 Å². The highest BCUT2D eigenvalue weighted by Crippen LogP contribution is 2.38. The molecular formula is C19H27FN2O2. The molecule has 1 aromatic carbocycles. The maximum absolute atomic E-state index is 13.1. The summed E-state index contributed by atoms with van der Waals surface area (Å²) >= 11 is 0. The first-order valence-electron chi connectivity index (χ1n) is 9.01. The van der Waals surface area contributed by atoms with Crippen LogP contribution in [-0.4, -0.2) is 42.8 Å². The Morgan fingerprint density at radius 3 is 2.71 bits per heavy atom. The standard InChI is InChI=1S/C19H27FN2O2/c1-2-21-18(23)22-10-8-19(9-11-22)14-16(7-12-24-19)13-15-3-5-17(20)6-4-15/h3-6,16H,2,7-14H2,1H3,(H,21,23). The van der Waals surface area contributed by atoms with E-state index in [0.717, 1.165) is 51.8 Å². The van der Waals surface area contributed by atoms with E-state index in [2.05, 4.69) is 5.32 Å². The number of rotatable bonds is 3. The molecule has 4 nitrogen and oxygen atoms in total. The monoisotopic (exact) mass is 334 g/mol. The van der Waals surface area contributed by atoms with E-state index in [1.54, 1.807) is 0 Å². The molecule has 2 aliphatic rings. The minimum absolute atomic E-state index is 0.0334. The van der Waals surface area contributed by atoms with Crippen molar-refractivity contribution in [2.24, 2.45) is 5.92 Å². The van der Waals surface area contributed by atoms with Gasteiger partial charge in [0, 0.05) is 26.2 Å². The van der Waals surface area contributed by atoms with Crippen LogP contribution in [0.25, 0.3) is 0 Å². The van der Waals surface area contributed by atoms with Crippen LogP contribution in [0.4, 0.5) is 9.18 Å². The van der Waals surface area contributed by atoms with Crippen LogP contribution in [0.15, 0.2) is 24.3 Å². The van der Waals surface area contributed by atoms with E-state index < -0.39 is 0 Å². The smallest absolute Gasteiger partial charge is 0.317 e. The summed E-state index contributed by atoms with van der Waals surface area (Å²) in [7, 11) is 0. The molecule has 24 heavy (non-hydrogen) atoms. The lowest BCUT2D eigenvalue weighted by atomic mass is 9.77. The van der Waals surface area contributed by atoms with Crippen molar-refractivity contribution >= 4 is 6.03 Å². The van der Waals surface area contributed by atoms with Crippen molar-refractivity contribution in [3.63, 3.8) is 0 Å². The van der Waals surface area contributed by atoms with E-state index in [-0.39, 0.29) is 17.4 Å².